The van der Waals surface area contributed by atoms with Crippen molar-refractivity contribution in [1.29, 1.82) is 0 Å². The zero-order chi connectivity index (χ0) is 29.7. The van der Waals surface area contributed by atoms with Gasteiger partial charge in [0.15, 0.2) is 0 Å². The van der Waals surface area contributed by atoms with E-state index in [1.165, 1.54) is 16.4 Å². The van der Waals surface area contributed by atoms with Crippen molar-refractivity contribution < 1.29 is 23.1 Å². The Morgan fingerprint density at radius 3 is 2.10 bits per heavy atom. The van der Waals surface area contributed by atoms with Gasteiger partial charge in [-0.1, -0.05) is 82.6 Å². The molecule has 0 spiro atoms. The van der Waals surface area contributed by atoms with Crippen LogP contribution in [0.15, 0.2) is 65.6 Å². The number of hydrogen-bond acceptors (Lipinski definition) is 6. The van der Waals surface area contributed by atoms with Gasteiger partial charge in [-0.05, 0) is 49.4 Å². The van der Waals surface area contributed by atoms with Crippen LogP contribution in [-0.4, -0.2) is 74.5 Å². The second-order valence-corrected chi connectivity index (χ2v) is 12.6. The third-order valence-electron chi connectivity index (χ3n) is 6.97. The highest BCUT2D eigenvalue weighted by Gasteiger charge is 2.33. The van der Waals surface area contributed by atoms with Gasteiger partial charge < -0.3 is 21.1 Å². The van der Waals surface area contributed by atoms with Crippen LogP contribution < -0.4 is 16.0 Å². The third kappa shape index (κ3) is 10.3. The van der Waals surface area contributed by atoms with E-state index >= 15 is 0 Å². The number of carbonyl (C=O) groups excluding carboxylic acids is 2. The molecule has 0 aliphatic rings. The lowest BCUT2D eigenvalue weighted by atomic mass is 9.96. The lowest BCUT2D eigenvalue weighted by molar-refractivity contribution is -0.130. The molecule has 0 aliphatic carbocycles. The summed E-state index contributed by atoms with van der Waals surface area (Å²) >= 11 is 0. The van der Waals surface area contributed by atoms with Crippen LogP contribution in [0.4, 0.5) is 0 Å². The molecule has 0 bridgehead atoms. The Balaban J connectivity index is 2.36. The molecule has 0 fully saturated rings. The zero-order valence-electron chi connectivity index (χ0n) is 24.3. The lowest BCUT2D eigenvalue weighted by Gasteiger charge is -2.32. The van der Waals surface area contributed by atoms with Crippen LogP contribution in [0.1, 0.15) is 46.1 Å². The van der Waals surface area contributed by atoms with E-state index in [-0.39, 0.29) is 48.7 Å². The van der Waals surface area contributed by atoms with E-state index in [9.17, 15) is 23.1 Å². The predicted octanol–water partition coefficient (Wildman–Crippen LogP) is 2.56. The third-order valence-corrected chi connectivity index (χ3v) is 8.85. The Hall–Kier alpha value is -2.79. The van der Waals surface area contributed by atoms with Crippen LogP contribution >= 0.6 is 0 Å². The van der Waals surface area contributed by atoms with E-state index in [1.54, 1.807) is 25.2 Å². The molecule has 0 aromatic heterocycles. The number of amides is 2. The number of aliphatic hydroxyl groups is 1. The van der Waals surface area contributed by atoms with Gasteiger partial charge in [0.05, 0.1) is 23.6 Å². The van der Waals surface area contributed by atoms with Gasteiger partial charge in [-0.25, -0.2) is 8.42 Å². The van der Waals surface area contributed by atoms with Crippen LogP contribution in [0.3, 0.4) is 0 Å². The smallest absolute Gasteiger partial charge is 0.243 e. The maximum Gasteiger partial charge on any atom is 0.243 e. The maximum absolute atomic E-state index is 13.6. The minimum absolute atomic E-state index is 0.0679. The largest absolute Gasteiger partial charge is 0.390 e. The average molecular weight is 575 g/mol. The van der Waals surface area contributed by atoms with Crippen LogP contribution in [0.25, 0.3) is 0 Å². The number of nitrogens with one attached hydrogen (secondary N) is 3. The highest BCUT2D eigenvalue weighted by molar-refractivity contribution is 7.89. The first-order valence-corrected chi connectivity index (χ1v) is 15.4. The summed E-state index contributed by atoms with van der Waals surface area (Å²) in [7, 11) is -2.23. The summed E-state index contributed by atoms with van der Waals surface area (Å²) in [5.41, 5.74) is 0.880. The molecule has 2 aromatic carbocycles. The molecule has 0 heterocycles. The van der Waals surface area contributed by atoms with E-state index in [0.29, 0.717) is 12.8 Å². The lowest BCUT2D eigenvalue weighted by Crippen LogP contribution is -2.57. The van der Waals surface area contributed by atoms with Gasteiger partial charge in [0.1, 0.15) is 6.04 Å². The number of likely N-dealkylation sites (N-methyl/N-ethyl adjacent to an activating group) is 1. The van der Waals surface area contributed by atoms with Gasteiger partial charge in [0.25, 0.3) is 0 Å². The highest BCUT2D eigenvalue weighted by atomic mass is 32.2. The first kappa shape index (κ1) is 33.4. The SMILES string of the molecule is CC[C@@H](C)C(NC(=O)CNC)C(=O)N[C@@H](Cc1ccccc1)[C@H](O)CN(CCC(C)C)S(=O)(=O)c1ccccc1. The summed E-state index contributed by atoms with van der Waals surface area (Å²) in [4.78, 5) is 26.0. The van der Waals surface area contributed by atoms with Gasteiger partial charge in [0, 0.05) is 13.1 Å². The monoisotopic (exact) mass is 574 g/mol. The molecule has 1 unspecified atom stereocenters. The van der Waals surface area contributed by atoms with E-state index in [2.05, 4.69) is 16.0 Å². The maximum atomic E-state index is 13.6. The molecule has 222 valence electrons. The molecule has 2 rings (SSSR count). The first-order chi connectivity index (χ1) is 19.0. The molecule has 0 radical (unpaired) electrons. The molecule has 0 saturated carbocycles. The Bertz CT molecular complexity index is 1150. The van der Waals surface area contributed by atoms with Crippen LogP contribution in [0.2, 0.25) is 0 Å². The van der Waals surface area contributed by atoms with Crippen LogP contribution in [0.5, 0.6) is 0 Å². The summed E-state index contributed by atoms with van der Waals surface area (Å²) in [6, 6.07) is 16.0. The normalized spacial score (nSPS) is 14.9. The highest BCUT2D eigenvalue weighted by Crippen LogP contribution is 2.19. The number of benzene rings is 2. The fraction of sp³-hybridized carbons (Fsp3) is 0.533. The van der Waals surface area contributed by atoms with Crippen LogP contribution in [0, 0.1) is 11.8 Å². The van der Waals surface area contributed by atoms with Gasteiger partial charge >= 0.3 is 0 Å². The van der Waals surface area contributed by atoms with E-state index in [4.69, 9.17) is 0 Å². The molecule has 40 heavy (non-hydrogen) atoms. The molecule has 2 aromatic rings. The molecule has 0 saturated heterocycles. The molecular weight excluding hydrogens is 528 g/mol. The van der Waals surface area contributed by atoms with Crippen molar-refractivity contribution in [2.45, 2.75) is 70.0 Å². The average Bonchev–Trinajstić information content (AvgIpc) is 2.94. The molecule has 0 aliphatic heterocycles. The number of carbonyl (C=O) groups is 2. The van der Waals surface area contributed by atoms with Crippen molar-refractivity contribution in [2.75, 3.05) is 26.7 Å². The van der Waals surface area contributed by atoms with E-state index in [1.807, 2.05) is 58.0 Å². The fourth-order valence-electron chi connectivity index (χ4n) is 4.30. The fourth-order valence-corrected chi connectivity index (χ4v) is 5.79. The zero-order valence-corrected chi connectivity index (χ0v) is 25.2. The number of aliphatic hydroxyl groups excluding tert-OH is 1. The van der Waals surface area contributed by atoms with E-state index in [0.717, 1.165) is 5.56 Å². The Kier molecular flexibility index (Phi) is 13.8. The van der Waals surface area contributed by atoms with Gasteiger partial charge in [-0.3, -0.25) is 9.59 Å². The van der Waals surface area contributed by atoms with Crippen molar-refractivity contribution in [2.24, 2.45) is 11.8 Å². The molecule has 4 N–H and O–H groups in total. The Morgan fingerprint density at radius 2 is 1.55 bits per heavy atom. The second-order valence-electron chi connectivity index (χ2n) is 10.7. The van der Waals surface area contributed by atoms with Gasteiger partial charge in [-0.15, -0.1) is 0 Å². The second kappa shape index (κ2) is 16.5. The molecule has 10 heteroatoms. The summed E-state index contributed by atoms with van der Waals surface area (Å²) in [5.74, 6) is -0.630. The minimum Gasteiger partial charge on any atom is -0.390 e. The van der Waals surface area contributed by atoms with Crippen molar-refractivity contribution in [3.63, 3.8) is 0 Å². The van der Waals surface area contributed by atoms with Crippen molar-refractivity contribution >= 4 is 21.8 Å². The quantitative estimate of drug-likeness (QED) is 0.230. The summed E-state index contributed by atoms with van der Waals surface area (Å²) in [6.45, 7) is 7.95. The standard InChI is InChI=1S/C30H46N4O5S/c1-6-23(4)29(33-28(36)20-31-5)30(37)32-26(19-24-13-9-7-10-14-24)27(35)21-34(18-17-22(2)3)40(38,39)25-15-11-8-12-16-25/h7-16,22-23,26-27,29,31,35H,6,17-21H2,1-5H3,(H,32,37)(H,33,36)/t23-,26+,27-,29?/m1/s1. The van der Waals surface area contributed by atoms with Crippen molar-refractivity contribution in [1.82, 2.24) is 20.3 Å². The summed E-state index contributed by atoms with van der Waals surface area (Å²) in [5, 5.41) is 20.0. The van der Waals surface area contributed by atoms with E-state index < -0.39 is 34.1 Å². The summed E-state index contributed by atoms with van der Waals surface area (Å²) in [6.07, 6.45) is 0.347. The van der Waals surface area contributed by atoms with Gasteiger partial charge in [0.2, 0.25) is 21.8 Å². The molecule has 2 amide bonds. The minimum atomic E-state index is -3.89. The Labute approximate surface area is 239 Å². The molecule has 9 nitrogen and oxygen atoms in total. The number of hydrogen-bond donors (Lipinski definition) is 4. The number of sulfonamides is 1. The van der Waals surface area contributed by atoms with Crippen LogP contribution in [-0.2, 0) is 26.0 Å². The number of rotatable bonds is 17. The first-order valence-electron chi connectivity index (χ1n) is 14.0. The van der Waals surface area contributed by atoms with Crippen molar-refractivity contribution in [3.05, 3.63) is 66.2 Å². The predicted molar refractivity (Wildman–Crippen MR) is 158 cm³/mol. The molecular formula is C30H46N4O5S. The number of nitrogens with zero attached hydrogens (tertiary/aromatic N) is 1. The molecule has 4 atom stereocenters. The van der Waals surface area contributed by atoms with Crippen molar-refractivity contribution in [3.8, 4) is 0 Å². The Morgan fingerprint density at radius 1 is 0.950 bits per heavy atom. The summed E-state index contributed by atoms with van der Waals surface area (Å²) < 4.78 is 28.5. The topological polar surface area (TPSA) is 128 Å². The van der Waals surface area contributed by atoms with Gasteiger partial charge in [-0.2, -0.15) is 4.31 Å².